The Kier molecular flexibility index (Phi) is 8.22. The number of nitro groups is 1. The first-order valence-electron chi connectivity index (χ1n) is 9.31. The molecule has 1 amide bonds. The Morgan fingerprint density at radius 1 is 1.15 bits per heavy atom. The summed E-state index contributed by atoms with van der Waals surface area (Å²) in [5.74, 6) is -0.124. The van der Waals surface area contributed by atoms with Crippen LogP contribution in [0.15, 0.2) is 75.2 Å². The number of hydrogen-bond acceptors (Lipinski definition) is 5. The largest absolute Gasteiger partial charge is 0.487 e. The van der Waals surface area contributed by atoms with Crippen molar-refractivity contribution in [3.05, 3.63) is 101 Å². The number of halogens is 3. The number of nitro benzene ring substituents is 1. The van der Waals surface area contributed by atoms with Crippen molar-refractivity contribution >= 4 is 66.8 Å². The van der Waals surface area contributed by atoms with Crippen LogP contribution in [0.3, 0.4) is 0 Å². The Hall–Kier alpha value is -3.19. The lowest BCUT2D eigenvalue weighted by Gasteiger charge is -2.12. The lowest BCUT2D eigenvalue weighted by molar-refractivity contribution is -0.384. The van der Waals surface area contributed by atoms with Gasteiger partial charge in [-0.1, -0.05) is 35.9 Å². The van der Waals surface area contributed by atoms with Crippen LogP contribution in [0.2, 0.25) is 5.02 Å². The first-order valence-corrected chi connectivity index (χ1v) is 11.3. The summed E-state index contributed by atoms with van der Waals surface area (Å²) in [5, 5.41) is 23.4. The smallest absolute Gasteiger partial charge is 0.269 e. The number of anilines is 1. The molecule has 10 heteroatoms. The van der Waals surface area contributed by atoms with Crippen molar-refractivity contribution < 1.29 is 14.5 Å². The third-order valence-corrected chi connectivity index (χ3v) is 5.83. The number of rotatable bonds is 7. The number of para-hydroxylation sites is 1. The quantitative estimate of drug-likeness (QED) is 0.139. The van der Waals surface area contributed by atoms with E-state index in [4.69, 9.17) is 16.3 Å². The number of benzene rings is 3. The summed E-state index contributed by atoms with van der Waals surface area (Å²) < 4.78 is 6.95. The molecule has 0 heterocycles. The number of ether oxygens (including phenoxy) is 1. The molecule has 0 radical (unpaired) electrons. The maximum atomic E-state index is 12.5. The van der Waals surface area contributed by atoms with Crippen LogP contribution in [-0.2, 0) is 11.4 Å². The van der Waals surface area contributed by atoms with E-state index in [1.54, 1.807) is 48.5 Å². The lowest BCUT2D eigenvalue weighted by atomic mass is 10.1. The van der Waals surface area contributed by atoms with Crippen LogP contribution in [0, 0.1) is 21.4 Å². The van der Waals surface area contributed by atoms with Crippen LogP contribution in [0.5, 0.6) is 5.75 Å². The molecule has 0 fully saturated rings. The van der Waals surface area contributed by atoms with Gasteiger partial charge in [0.25, 0.3) is 11.6 Å². The second-order valence-electron chi connectivity index (χ2n) is 6.63. The minimum Gasteiger partial charge on any atom is -0.487 e. The highest BCUT2D eigenvalue weighted by atomic mass is 79.9. The number of carbonyl (C=O) groups is 1. The Morgan fingerprint density at radius 3 is 2.48 bits per heavy atom. The molecule has 0 aliphatic heterocycles. The zero-order valence-corrected chi connectivity index (χ0v) is 20.6. The van der Waals surface area contributed by atoms with Crippen LogP contribution in [0.25, 0.3) is 6.08 Å². The molecule has 0 saturated carbocycles. The Morgan fingerprint density at radius 2 is 1.85 bits per heavy atom. The summed E-state index contributed by atoms with van der Waals surface area (Å²) in [6.45, 7) is 0.109. The molecule has 0 unspecified atom stereocenters. The van der Waals surface area contributed by atoms with Crippen molar-refractivity contribution in [1.82, 2.24) is 0 Å². The fourth-order valence-electron chi connectivity index (χ4n) is 2.78. The van der Waals surface area contributed by atoms with Gasteiger partial charge in [0.1, 0.15) is 24.0 Å². The molecule has 166 valence electrons. The van der Waals surface area contributed by atoms with Gasteiger partial charge in [0.05, 0.1) is 24.6 Å². The average molecular weight is 592 g/mol. The molecule has 33 heavy (non-hydrogen) atoms. The fourth-order valence-corrected chi connectivity index (χ4v) is 4.42. The maximum Gasteiger partial charge on any atom is 0.269 e. The standard InChI is InChI=1S/C23H14Br2ClN3O4/c24-18-10-15(8-16(12-27)23(30)28-21-7-2-1-6-20(21)26)11-19(25)22(18)33-13-14-4-3-5-17(9-14)29(31)32/h1-11H,13H2,(H,28,30)/b16-8+. The van der Waals surface area contributed by atoms with E-state index >= 15 is 0 Å². The van der Waals surface area contributed by atoms with Crippen LogP contribution < -0.4 is 10.1 Å². The number of non-ortho nitro benzene ring substituents is 1. The molecule has 0 bridgehead atoms. The number of carbonyl (C=O) groups excluding carboxylic acids is 1. The zero-order valence-electron chi connectivity index (χ0n) is 16.7. The SMILES string of the molecule is N#C/C(=C\c1cc(Br)c(OCc2cccc([N+](=O)[O-])c2)c(Br)c1)C(=O)Nc1ccccc1Cl. The molecule has 3 aromatic rings. The van der Waals surface area contributed by atoms with E-state index in [2.05, 4.69) is 37.2 Å². The van der Waals surface area contributed by atoms with Gasteiger partial charge in [0.2, 0.25) is 0 Å². The second-order valence-corrected chi connectivity index (χ2v) is 8.75. The highest BCUT2D eigenvalue weighted by Gasteiger charge is 2.14. The number of nitrogens with zero attached hydrogens (tertiary/aromatic N) is 2. The number of hydrogen-bond donors (Lipinski definition) is 1. The van der Waals surface area contributed by atoms with Crippen molar-refractivity contribution in [2.45, 2.75) is 6.61 Å². The minimum absolute atomic E-state index is 0.0196. The molecule has 0 atom stereocenters. The van der Waals surface area contributed by atoms with Gasteiger partial charge in [-0.15, -0.1) is 0 Å². The van der Waals surface area contributed by atoms with Gasteiger partial charge >= 0.3 is 0 Å². The molecule has 7 nitrogen and oxygen atoms in total. The zero-order chi connectivity index (χ0) is 24.0. The Labute approximate surface area is 211 Å². The van der Waals surface area contributed by atoms with Crippen molar-refractivity contribution in [3.63, 3.8) is 0 Å². The molecule has 0 aromatic heterocycles. The third kappa shape index (κ3) is 6.42. The summed E-state index contributed by atoms with van der Waals surface area (Å²) in [5.41, 5.74) is 1.47. The van der Waals surface area contributed by atoms with Gasteiger partial charge in [-0.05, 0) is 73.3 Å². The van der Waals surface area contributed by atoms with Gasteiger partial charge in [0.15, 0.2) is 0 Å². The predicted octanol–water partition coefficient (Wildman–Crippen LogP) is 6.90. The maximum absolute atomic E-state index is 12.5. The van der Waals surface area contributed by atoms with E-state index in [1.807, 2.05) is 6.07 Å². The number of nitriles is 1. The lowest BCUT2D eigenvalue weighted by Crippen LogP contribution is -2.13. The third-order valence-electron chi connectivity index (χ3n) is 4.32. The average Bonchev–Trinajstić information content (AvgIpc) is 2.78. The van der Waals surface area contributed by atoms with Gasteiger partial charge in [-0.25, -0.2) is 0 Å². The highest BCUT2D eigenvalue weighted by Crippen LogP contribution is 2.36. The molecule has 0 spiro atoms. The minimum atomic E-state index is -0.594. The summed E-state index contributed by atoms with van der Waals surface area (Å²) in [4.78, 5) is 23.0. The topological polar surface area (TPSA) is 105 Å². The molecule has 1 N–H and O–H groups in total. The van der Waals surface area contributed by atoms with Crippen LogP contribution in [-0.4, -0.2) is 10.8 Å². The highest BCUT2D eigenvalue weighted by molar-refractivity contribution is 9.11. The summed E-state index contributed by atoms with van der Waals surface area (Å²) in [6, 6.07) is 18.2. The Bertz CT molecular complexity index is 1280. The van der Waals surface area contributed by atoms with Crippen molar-refractivity contribution in [2.75, 3.05) is 5.32 Å². The van der Waals surface area contributed by atoms with Gasteiger partial charge in [0, 0.05) is 12.1 Å². The van der Waals surface area contributed by atoms with Gasteiger partial charge in [-0.3, -0.25) is 14.9 Å². The van der Waals surface area contributed by atoms with Crippen LogP contribution >= 0.6 is 43.5 Å². The molecule has 0 saturated heterocycles. The number of amides is 1. The summed E-state index contributed by atoms with van der Waals surface area (Å²) in [6.07, 6.45) is 1.44. The molecule has 0 aliphatic rings. The Balaban J connectivity index is 1.78. The van der Waals surface area contributed by atoms with Crippen LogP contribution in [0.4, 0.5) is 11.4 Å². The van der Waals surface area contributed by atoms with Crippen LogP contribution in [0.1, 0.15) is 11.1 Å². The monoisotopic (exact) mass is 589 g/mol. The predicted molar refractivity (Wildman–Crippen MR) is 133 cm³/mol. The molecular weight excluding hydrogens is 578 g/mol. The van der Waals surface area contributed by atoms with E-state index in [9.17, 15) is 20.2 Å². The normalized spacial score (nSPS) is 10.9. The van der Waals surface area contributed by atoms with Gasteiger partial charge < -0.3 is 10.1 Å². The van der Waals surface area contributed by atoms with Crippen molar-refractivity contribution in [2.24, 2.45) is 0 Å². The number of nitrogens with one attached hydrogen (secondary N) is 1. The first kappa shape index (κ1) is 24.5. The molecule has 3 rings (SSSR count). The van der Waals surface area contributed by atoms with Crippen molar-refractivity contribution in [1.29, 1.82) is 5.26 Å². The first-order chi connectivity index (χ1) is 15.8. The van der Waals surface area contributed by atoms with E-state index in [0.717, 1.165) is 0 Å². The van der Waals surface area contributed by atoms with E-state index in [1.165, 1.54) is 18.2 Å². The molecule has 0 aliphatic carbocycles. The summed E-state index contributed by atoms with van der Waals surface area (Å²) >= 11 is 12.9. The van der Waals surface area contributed by atoms with Gasteiger partial charge in [-0.2, -0.15) is 5.26 Å². The summed E-state index contributed by atoms with van der Waals surface area (Å²) in [7, 11) is 0. The van der Waals surface area contributed by atoms with Crippen molar-refractivity contribution in [3.8, 4) is 11.8 Å². The van der Waals surface area contributed by atoms with E-state index in [-0.39, 0.29) is 17.9 Å². The fraction of sp³-hybridized carbons (Fsp3) is 0.0435. The van der Waals surface area contributed by atoms with E-state index in [0.29, 0.717) is 36.5 Å². The second kappa shape index (κ2) is 11.1. The van der Waals surface area contributed by atoms with E-state index < -0.39 is 10.8 Å². The molecule has 3 aromatic carbocycles. The molecular formula is C23H14Br2ClN3O4.